The van der Waals surface area contributed by atoms with Gasteiger partial charge in [0, 0.05) is 13.6 Å². The van der Waals surface area contributed by atoms with E-state index < -0.39 is 0 Å². The van der Waals surface area contributed by atoms with Gasteiger partial charge in [0.2, 0.25) is 5.89 Å². The number of aromatic nitrogens is 1. The van der Waals surface area contributed by atoms with Gasteiger partial charge in [-0.1, -0.05) is 6.07 Å². The summed E-state index contributed by atoms with van der Waals surface area (Å²) in [6.07, 6.45) is 0. The van der Waals surface area contributed by atoms with Crippen molar-refractivity contribution in [3.8, 4) is 5.75 Å². The SMILES string of the molecule is CN=C(NCc1ccc(OC)c(F)c1)NCc1nc(C)c(C)o1. The maximum atomic E-state index is 13.6. The van der Waals surface area contributed by atoms with Crippen LogP contribution in [-0.4, -0.2) is 25.1 Å². The van der Waals surface area contributed by atoms with Crippen LogP contribution >= 0.6 is 0 Å². The lowest BCUT2D eigenvalue weighted by Gasteiger charge is -2.11. The van der Waals surface area contributed by atoms with Crippen molar-refractivity contribution in [2.75, 3.05) is 14.2 Å². The average molecular weight is 320 g/mol. The summed E-state index contributed by atoms with van der Waals surface area (Å²) in [6, 6.07) is 4.82. The number of hydrogen-bond donors (Lipinski definition) is 2. The van der Waals surface area contributed by atoms with Crippen LogP contribution in [0.4, 0.5) is 4.39 Å². The fourth-order valence-corrected chi connectivity index (χ4v) is 2.00. The Hall–Kier alpha value is -2.57. The number of nitrogens with one attached hydrogen (secondary N) is 2. The molecule has 2 aromatic rings. The molecule has 6 nitrogen and oxygen atoms in total. The zero-order valence-corrected chi connectivity index (χ0v) is 13.7. The predicted molar refractivity (Wildman–Crippen MR) is 86.0 cm³/mol. The standard InChI is InChI=1S/C16H21FN4O2/c1-10-11(2)23-15(21-10)9-20-16(18-3)19-8-12-5-6-14(22-4)13(17)7-12/h5-7H,8-9H2,1-4H3,(H2,18,19,20). The summed E-state index contributed by atoms with van der Waals surface area (Å²) in [7, 11) is 3.10. The first-order valence-corrected chi connectivity index (χ1v) is 7.23. The lowest BCUT2D eigenvalue weighted by Crippen LogP contribution is -2.36. The van der Waals surface area contributed by atoms with Crippen LogP contribution in [0.25, 0.3) is 0 Å². The summed E-state index contributed by atoms with van der Waals surface area (Å²) in [6.45, 7) is 4.63. The molecule has 0 aliphatic carbocycles. The van der Waals surface area contributed by atoms with E-state index in [1.807, 2.05) is 13.8 Å². The molecule has 0 aliphatic heterocycles. The van der Waals surface area contributed by atoms with Crippen molar-refractivity contribution in [2.24, 2.45) is 4.99 Å². The highest BCUT2D eigenvalue weighted by Gasteiger charge is 2.07. The van der Waals surface area contributed by atoms with E-state index in [1.165, 1.54) is 13.2 Å². The number of ether oxygens (including phenoxy) is 1. The fourth-order valence-electron chi connectivity index (χ4n) is 2.00. The van der Waals surface area contributed by atoms with Crippen LogP contribution < -0.4 is 15.4 Å². The van der Waals surface area contributed by atoms with Gasteiger partial charge in [0.05, 0.1) is 19.3 Å². The minimum atomic E-state index is -0.388. The minimum absolute atomic E-state index is 0.228. The molecule has 0 aliphatic rings. The molecule has 0 spiro atoms. The Morgan fingerprint density at radius 2 is 2.04 bits per heavy atom. The van der Waals surface area contributed by atoms with Gasteiger partial charge in [0.1, 0.15) is 5.76 Å². The Labute approximate surface area is 134 Å². The third kappa shape index (κ3) is 4.45. The maximum absolute atomic E-state index is 13.6. The number of benzene rings is 1. The van der Waals surface area contributed by atoms with E-state index in [4.69, 9.17) is 9.15 Å². The topological polar surface area (TPSA) is 71.7 Å². The van der Waals surface area contributed by atoms with E-state index >= 15 is 0 Å². The molecule has 0 fully saturated rings. The van der Waals surface area contributed by atoms with Gasteiger partial charge >= 0.3 is 0 Å². The Balaban J connectivity index is 1.88. The molecular weight excluding hydrogens is 299 g/mol. The molecule has 1 heterocycles. The van der Waals surface area contributed by atoms with Crippen LogP contribution in [-0.2, 0) is 13.1 Å². The third-order valence-electron chi connectivity index (χ3n) is 3.38. The second-order valence-corrected chi connectivity index (χ2v) is 5.00. The van der Waals surface area contributed by atoms with Gasteiger partial charge in [-0.05, 0) is 31.5 Å². The molecular formula is C16H21FN4O2. The molecule has 0 unspecified atom stereocenters. The number of halogens is 1. The van der Waals surface area contributed by atoms with Crippen molar-refractivity contribution < 1.29 is 13.5 Å². The van der Waals surface area contributed by atoms with Crippen LogP contribution in [0.1, 0.15) is 22.9 Å². The van der Waals surface area contributed by atoms with E-state index in [-0.39, 0.29) is 11.6 Å². The summed E-state index contributed by atoms with van der Waals surface area (Å²) in [5.41, 5.74) is 1.66. The zero-order chi connectivity index (χ0) is 16.8. The van der Waals surface area contributed by atoms with Crippen molar-refractivity contribution >= 4 is 5.96 Å². The van der Waals surface area contributed by atoms with Gasteiger partial charge in [-0.2, -0.15) is 0 Å². The Bertz CT molecular complexity index is 678. The maximum Gasteiger partial charge on any atom is 0.214 e. The number of rotatable bonds is 5. The van der Waals surface area contributed by atoms with Crippen molar-refractivity contribution in [1.29, 1.82) is 0 Å². The molecule has 2 rings (SSSR count). The molecule has 0 saturated heterocycles. The van der Waals surface area contributed by atoms with Gasteiger partial charge in [-0.15, -0.1) is 0 Å². The molecule has 2 N–H and O–H groups in total. The molecule has 7 heteroatoms. The smallest absolute Gasteiger partial charge is 0.214 e. The molecule has 124 valence electrons. The molecule has 0 bridgehead atoms. The van der Waals surface area contributed by atoms with Crippen molar-refractivity contribution in [2.45, 2.75) is 26.9 Å². The van der Waals surface area contributed by atoms with E-state index in [1.54, 1.807) is 19.2 Å². The summed E-state index contributed by atoms with van der Waals surface area (Å²) >= 11 is 0. The number of oxazole rings is 1. The molecule has 1 aromatic heterocycles. The quantitative estimate of drug-likeness (QED) is 0.653. The van der Waals surface area contributed by atoms with Gasteiger partial charge in [0.25, 0.3) is 0 Å². The fraction of sp³-hybridized carbons (Fsp3) is 0.375. The second-order valence-electron chi connectivity index (χ2n) is 5.00. The predicted octanol–water partition coefficient (Wildman–Crippen LogP) is 2.30. The summed E-state index contributed by atoms with van der Waals surface area (Å²) in [5.74, 6) is 1.82. The number of hydrogen-bond acceptors (Lipinski definition) is 4. The van der Waals surface area contributed by atoms with Crippen molar-refractivity contribution in [3.05, 3.63) is 46.9 Å². The Kier molecular flexibility index (Phi) is 5.56. The second kappa shape index (κ2) is 7.62. The molecule has 0 amide bonds. The highest BCUT2D eigenvalue weighted by molar-refractivity contribution is 5.79. The summed E-state index contributed by atoms with van der Waals surface area (Å²) < 4.78 is 24.0. The molecule has 1 aromatic carbocycles. The number of aliphatic imine (C=N–C) groups is 1. The Morgan fingerprint density at radius 1 is 1.30 bits per heavy atom. The monoisotopic (exact) mass is 320 g/mol. The summed E-state index contributed by atoms with van der Waals surface area (Å²) in [4.78, 5) is 8.40. The van der Waals surface area contributed by atoms with Crippen LogP contribution in [0.3, 0.4) is 0 Å². The van der Waals surface area contributed by atoms with Crippen molar-refractivity contribution in [3.63, 3.8) is 0 Å². The average Bonchev–Trinajstić information content (AvgIpc) is 2.86. The first-order valence-electron chi connectivity index (χ1n) is 7.23. The van der Waals surface area contributed by atoms with Gasteiger partial charge < -0.3 is 19.8 Å². The number of guanidine groups is 1. The van der Waals surface area contributed by atoms with Crippen LogP contribution in [0, 0.1) is 19.7 Å². The molecule has 0 atom stereocenters. The van der Waals surface area contributed by atoms with Crippen LogP contribution in [0.2, 0.25) is 0 Å². The van der Waals surface area contributed by atoms with E-state index in [9.17, 15) is 4.39 Å². The number of aryl methyl sites for hydroxylation is 2. The minimum Gasteiger partial charge on any atom is -0.494 e. The van der Waals surface area contributed by atoms with Gasteiger partial charge in [-0.25, -0.2) is 9.37 Å². The highest BCUT2D eigenvalue weighted by atomic mass is 19.1. The Morgan fingerprint density at radius 3 is 2.61 bits per heavy atom. The van der Waals surface area contributed by atoms with Crippen LogP contribution in [0.5, 0.6) is 5.75 Å². The molecule has 23 heavy (non-hydrogen) atoms. The zero-order valence-electron chi connectivity index (χ0n) is 13.7. The normalized spacial score (nSPS) is 11.4. The van der Waals surface area contributed by atoms with E-state index in [2.05, 4.69) is 20.6 Å². The highest BCUT2D eigenvalue weighted by Crippen LogP contribution is 2.17. The lowest BCUT2D eigenvalue weighted by atomic mass is 10.2. The third-order valence-corrected chi connectivity index (χ3v) is 3.38. The molecule has 0 saturated carbocycles. The lowest BCUT2D eigenvalue weighted by molar-refractivity contribution is 0.386. The van der Waals surface area contributed by atoms with Gasteiger partial charge in [0.15, 0.2) is 17.5 Å². The number of nitrogens with zero attached hydrogens (tertiary/aromatic N) is 2. The first kappa shape index (κ1) is 16.8. The number of methoxy groups -OCH3 is 1. The first-order chi connectivity index (χ1) is 11.0. The van der Waals surface area contributed by atoms with Crippen LogP contribution in [0.15, 0.2) is 27.6 Å². The summed E-state index contributed by atoms with van der Waals surface area (Å²) in [5, 5.41) is 6.20. The van der Waals surface area contributed by atoms with E-state index in [0.717, 1.165) is 17.0 Å². The van der Waals surface area contributed by atoms with E-state index in [0.29, 0.717) is 24.9 Å². The van der Waals surface area contributed by atoms with Crippen molar-refractivity contribution in [1.82, 2.24) is 15.6 Å². The largest absolute Gasteiger partial charge is 0.494 e. The van der Waals surface area contributed by atoms with Gasteiger partial charge in [-0.3, -0.25) is 4.99 Å². The molecule has 0 radical (unpaired) electrons.